The van der Waals surface area contributed by atoms with E-state index in [0.29, 0.717) is 12.2 Å². The first-order valence-electron chi connectivity index (χ1n) is 4.82. The lowest BCUT2D eigenvalue weighted by Crippen LogP contribution is -2.15. The number of carbonyl (C=O) groups is 1. The SMILES string of the molecule is COC(=O)C(O)c1c(O)ccc2c1COC2. The Kier molecular flexibility index (Phi) is 2.80. The second-order valence-electron chi connectivity index (χ2n) is 3.55. The number of benzene rings is 1. The summed E-state index contributed by atoms with van der Waals surface area (Å²) < 4.78 is 9.64. The summed E-state index contributed by atoms with van der Waals surface area (Å²) in [6.45, 7) is 0.712. The Bertz CT molecular complexity index is 427. The fourth-order valence-corrected chi connectivity index (χ4v) is 1.80. The van der Waals surface area contributed by atoms with Crippen molar-refractivity contribution in [3.63, 3.8) is 0 Å². The zero-order valence-corrected chi connectivity index (χ0v) is 8.77. The molecular formula is C11H12O5. The van der Waals surface area contributed by atoms with Gasteiger partial charge in [0.05, 0.1) is 20.3 Å². The number of esters is 1. The van der Waals surface area contributed by atoms with Crippen LogP contribution >= 0.6 is 0 Å². The Balaban J connectivity index is 2.47. The van der Waals surface area contributed by atoms with Gasteiger partial charge in [-0.2, -0.15) is 0 Å². The highest BCUT2D eigenvalue weighted by Gasteiger charge is 2.28. The Morgan fingerprint density at radius 1 is 1.50 bits per heavy atom. The van der Waals surface area contributed by atoms with Gasteiger partial charge in [0.1, 0.15) is 5.75 Å². The Labute approximate surface area is 92.2 Å². The number of hydrogen-bond acceptors (Lipinski definition) is 5. The van der Waals surface area contributed by atoms with Gasteiger partial charge in [-0.15, -0.1) is 0 Å². The first-order valence-corrected chi connectivity index (χ1v) is 4.82. The van der Waals surface area contributed by atoms with Gasteiger partial charge in [-0.05, 0) is 17.2 Å². The molecule has 1 unspecified atom stereocenters. The third-order valence-electron chi connectivity index (χ3n) is 2.63. The van der Waals surface area contributed by atoms with E-state index in [2.05, 4.69) is 4.74 Å². The molecule has 1 aliphatic heterocycles. The number of phenols is 1. The van der Waals surface area contributed by atoms with Gasteiger partial charge < -0.3 is 19.7 Å². The molecule has 1 aliphatic rings. The van der Waals surface area contributed by atoms with Gasteiger partial charge in [0.25, 0.3) is 0 Å². The summed E-state index contributed by atoms with van der Waals surface area (Å²) in [6.07, 6.45) is -1.47. The van der Waals surface area contributed by atoms with Crippen LogP contribution in [0.4, 0.5) is 0 Å². The Morgan fingerprint density at radius 3 is 2.94 bits per heavy atom. The van der Waals surface area contributed by atoms with Crippen LogP contribution in [-0.4, -0.2) is 23.3 Å². The first-order chi connectivity index (χ1) is 7.65. The molecule has 0 spiro atoms. The summed E-state index contributed by atoms with van der Waals surface area (Å²) in [6, 6.07) is 3.15. The smallest absolute Gasteiger partial charge is 0.339 e. The maximum absolute atomic E-state index is 11.2. The highest BCUT2D eigenvalue weighted by atomic mass is 16.5. The summed E-state index contributed by atoms with van der Waals surface area (Å²) in [5.41, 5.74) is 1.72. The first kappa shape index (κ1) is 10.9. The Hall–Kier alpha value is -1.59. The second-order valence-corrected chi connectivity index (χ2v) is 3.55. The number of aliphatic hydroxyl groups is 1. The zero-order chi connectivity index (χ0) is 11.7. The topological polar surface area (TPSA) is 76.0 Å². The van der Waals surface area contributed by atoms with Crippen LogP contribution in [0.25, 0.3) is 0 Å². The van der Waals surface area contributed by atoms with E-state index in [-0.39, 0.29) is 17.9 Å². The maximum Gasteiger partial charge on any atom is 0.339 e. The molecule has 0 aromatic heterocycles. The molecule has 5 nitrogen and oxygen atoms in total. The summed E-state index contributed by atoms with van der Waals surface area (Å²) in [4.78, 5) is 11.2. The molecule has 0 bridgehead atoms. The lowest BCUT2D eigenvalue weighted by molar-refractivity contribution is -0.150. The molecule has 2 N–H and O–H groups in total. The third-order valence-corrected chi connectivity index (χ3v) is 2.63. The molecule has 16 heavy (non-hydrogen) atoms. The van der Waals surface area contributed by atoms with E-state index in [9.17, 15) is 15.0 Å². The van der Waals surface area contributed by atoms with E-state index in [1.54, 1.807) is 6.07 Å². The summed E-state index contributed by atoms with van der Waals surface area (Å²) in [5, 5.41) is 19.4. The Morgan fingerprint density at radius 2 is 2.25 bits per heavy atom. The number of phenolic OH excluding ortho intramolecular Hbond substituents is 1. The van der Waals surface area contributed by atoms with Crippen molar-refractivity contribution in [1.82, 2.24) is 0 Å². The number of rotatable bonds is 2. The monoisotopic (exact) mass is 224 g/mol. The van der Waals surface area contributed by atoms with Crippen LogP contribution < -0.4 is 0 Å². The van der Waals surface area contributed by atoms with Gasteiger partial charge in [-0.1, -0.05) is 6.07 Å². The largest absolute Gasteiger partial charge is 0.508 e. The fourth-order valence-electron chi connectivity index (χ4n) is 1.80. The number of ether oxygens (including phenoxy) is 2. The normalized spacial score (nSPS) is 15.6. The van der Waals surface area contributed by atoms with E-state index in [0.717, 1.165) is 5.56 Å². The van der Waals surface area contributed by atoms with Gasteiger partial charge in [-0.3, -0.25) is 0 Å². The minimum Gasteiger partial charge on any atom is -0.508 e. The quantitative estimate of drug-likeness (QED) is 0.720. The number of aromatic hydroxyl groups is 1. The molecule has 1 atom stereocenters. The van der Waals surface area contributed by atoms with Crippen molar-refractivity contribution in [2.45, 2.75) is 19.3 Å². The molecule has 5 heteroatoms. The van der Waals surface area contributed by atoms with Crippen LogP contribution in [0.3, 0.4) is 0 Å². The molecular weight excluding hydrogens is 212 g/mol. The van der Waals surface area contributed by atoms with Crippen molar-refractivity contribution in [2.24, 2.45) is 0 Å². The molecule has 1 aromatic rings. The average molecular weight is 224 g/mol. The molecule has 1 heterocycles. The molecule has 1 aromatic carbocycles. The lowest BCUT2D eigenvalue weighted by atomic mass is 9.98. The zero-order valence-electron chi connectivity index (χ0n) is 8.77. The van der Waals surface area contributed by atoms with Crippen LogP contribution in [0.1, 0.15) is 22.8 Å². The highest BCUT2D eigenvalue weighted by Crippen LogP contribution is 2.34. The second kappa shape index (κ2) is 4.11. The van der Waals surface area contributed by atoms with Gasteiger partial charge in [0, 0.05) is 5.56 Å². The number of methoxy groups -OCH3 is 1. The van der Waals surface area contributed by atoms with Gasteiger partial charge in [0.15, 0.2) is 6.10 Å². The molecule has 0 amide bonds. The number of carbonyl (C=O) groups excluding carboxylic acids is 1. The molecule has 0 fully saturated rings. The molecule has 0 saturated heterocycles. The molecule has 2 rings (SSSR count). The summed E-state index contributed by atoms with van der Waals surface area (Å²) in [5.74, 6) is -0.919. The summed E-state index contributed by atoms with van der Waals surface area (Å²) in [7, 11) is 1.18. The standard InChI is InChI=1S/C11H12O5/c1-15-11(14)10(13)9-7-5-16-4-6(7)2-3-8(9)12/h2-3,10,12-13H,4-5H2,1H3. The average Bonchev–Trinajstić information content (AvgIpc) is 2.75. The minimum absolute atomic E-state index is 0.123. The van der Waals surface area contributed by atoms with E-state index in [1.807, 2.05) is 0 Å². The van der Waals surface area contributed by atoms with Gasteiger partial charge >= 0.3 is 5.97 Å². The van der Waals surface area contributed by atoms with Gasteiger partial charge in [0.2, 0.25) is 0 Å². The van der Waals surface area contributed by atoms with Crippen molar-refractivity contribution < 1.29 is 24.5 Å². The van der Waals surface area contributed by atoms with E-state index < -0.39 is 12.1 Å². The maximum atomic E-state index is 11.2. The summed E-state index contributed by atoms with van der Waals surface area (Å²) >= 11 is 0. The van der Waals surface area contributed by atoms with E-state index >= 15 is 0 Å². The van der Waals surface area contributed by atoms with Crippen LogP contribution in [-0.2, 0) is 27.5 Å². The molecule has 0 aliphatic carbocycles. The molecule has 86 valence electrons. The molecule has 0 saturated carbocycles. The lowest BCUT2D eigenvalue weighted by Gasteiger charge is -2.14. The van der Waals surface area contributed by atoms with Crippen LogP contribution in [0, 0.1) is 0 Å². The van der Waals surface area contributed by atoms with Crippen molar-refractivity contribution >= 4 is 5.97 Å². The van der Waals surface area contributed by atoms with Crippen molar-refractivity contribution in [1.29, 1.82) is 0 Å². The van der Waals surface area contributed by atoms with Gasteiger partial charge in [-0.25, -0.2) is 4.79 Å². The predicted octanol–water partition coefficient (Wildman–Crippen LogP) is 0.629. The number of aliphatic hydroxyl groups excluding tert-OH is 1. The van der Waals surface area contributed by atoms with Crippen molar-refractivity contribution in [3.05, 3.63) is 28.8 Å². The highest BCUT2D eigenvalue weighted by molar-refractivity contribution is 5.78. The fraction of sp³-hybridized carbons (Fsp3) is 0.364. The van der Waals surface area contributed by atoms with Crippen LogP contribution in [0.2, 0.25) is 0 Å². The number of hydrogen-bond donors (Lipinski definition) is 2. The minimum atomic E-state index is -1.47. The third kappa shape index (κ3) is 1.64. The molecule has 0 radical (unpaired) electrons. The predicted molar refractivity (Wildman–Crippen MR) is 53.6 cm³/mol. The van der Waals surface area contributed by atoms with Crippen LogP contribution in [0.15, 0.2) is 12.1 Å². The number of fused-ring (bicyclic) bond motifs is 1. The van der Waals surface area contributed by atoms with Crippen molar-refractivity contribution in [3.8, 4) is 5.75 Å². The van der Waals surface area contributed by atoms with Crippen LogP contribution in [0.5, 0.6) is 5.75 Å². The van der Waals surface area contributed by atoms with Crippen molar-refractivity contribution in [2.75, 3.05) is 7.11 Å². The van der Waals surface area contributed by atoms with E-state index in [1.165, 1.54) is 13.2 Å². The van der Waals surface area contributed by atoms with E-state index in [4.69, 9.17) is 4.74 Å².